The van der Waals surface area contributed by atoms with Crippen molar-refractivity contribution in [1.29, 1.82) is 0 Å². The first kappa shape index (κ1) is 15.9. The van der Waals surface area contributed by atoms with Crippen LogP contribution in [0, 0.1) is 4.77 Å². The molecule has 1 aromatic carbocycles. The Morgan fingerprint density at radius 2 is 2.10 bits per heavy atom. The molecule has 3 nitrogen and oxygen atoms in total. The molecule has 1 unspecified atom stereocenters. The number of H-pyrrole nitrogens is 1. The minimum Gasteiger partial charge on any atom is -0.491 e. The fraction of sp³-hybridized carbons (Fsp3) is 0.500. The van der Waals surface area contributed by atoms with Crippen molar-refractivity contribution in [2.75, 3.05) is 6.61 Å². The Hall–Kier alpha value is -1.50. The molecule has 21 heavy (non-hydrogen) atoms. The first-order valence-electron chi connectivity index (χ1n) is 6.76. The molecule has 2 aromatic rings. The molecule has 0 aliphatic heterocycles. The van der Waals surface area contributed by atoms with Crippen LogP contribution in [0.4, 0.5) is 13.2 Å². The van der Waals surface area contributed by atoms with Crippen LogP contribution in [0.2, 0.25) is 0 Å². The number of hydrogen-bond acceptors (Lipinski definition) is 2. The second-order valence-electron chi connectivity index (χ2n) is 4.97. The van der Waals surface area contributed by atoms with Gasteiger partial charge in [-0.3, -0.25) is 0 Å². The molecular weight excluding hydrogens is 301 g/mol. The Bertz CT molecular complexity index is 675. The number of rotatable bonds is 5. The number of ether oxygens (including phenoxy) is 1. The average molecular weight is 318 g/mol. The van der Waals surface area contributed by atoms with Gasteiger partial charge in [0, 0.05) is 6.04 Å². The summed E-state index contributed by atoms with van der Waals surface area (Å²) in [6.45, 7) is 4.04. The van der Waals surface area contributed by atoms with E-state index in [1.54, 1.807) is 18.2 Å². The third-order valence-electron chi connectivity index (χ3n) is 3.14. The van der Waals surface area contributed by atoms with Crippen LogP contribution < -0.4 is 4.74 Å². The Balaban J connectivity index is 2.46. The molecule has 7 heteroatoms. The minimum absolute atomic E-state index is 0.272. The van der Waals surface area contributed by atoms with Crippen molar-refractivity contribution >= 4 is 23.3 Å². The van der Waals surface area contributed by atoms with E-state index in [2.05, 4.69) is 4.98 Å². The fourth-order valence-electron chi connectivity index (χ4n) is 2.32. The molecule has 0 radical (unpaired) electrons. The number of nitrogens with one attached hydrogen (secondary N) is 1. The second kappa shape index (κ2) is 6.09. The molecule has 116 valence electrons. The van der Waals surface area contributed by atoms with Crippen molar-refractivity contribution in [1.82, 2.24) is 9.55 Å². The largest absolute Gasteiger partial charge is 0.491 e. The van der Waals surface area contributed by atoms with Crippen molar-refractivity contribution in [2.24, 2.45) is 0 Å². The van der Waals surface area contributed by atoms with Gasteiger partial charge in [-0.1, -0.05) is 13.0 Å². The van der Waals surface area contributed by atoms with Crippen LogP contribution in [0.3, 0.4) is 0 Å². The number of alkyl halides is 3. The van der Waals surface area contributed by atoms with Gasteiger partial charge in [-0.05, 0) is 37.7 Å². The molecular formula is C14H17F3N2OS. The lowest BCUT2D eigenvalue weighted by molar-refractivity contribution is -0.141. The molecule has 1 atom stereocenters. The quantitative estimate of drug-likeness (QED) is 0.786. The van der Waals surface area contributed by atoms with E-state index < -0.39 is 18.6 Å². The van der Waals surface area contributed by atoms with Crippen LogP contribution in [0.15, 0.2) is 18.2 Å². The standard InChI is InChI=1S/C14H17F3N2OS/c1-3-7-20-11-6-4-5-10-12(11)18-13(21)19(10)9(2)8-14(15,16)17/h4-6,9H,3,7-8H2,1-2H3,(H,18,21). The van der Waals surface area contributed by atoms with E-state index in [9.17, 15) is 13.2 Å². The van der Waals surface area contributed by atoms with Gasteiger partial charge in [0.05, 0.1) is 18.5 Å². The number of aromatic nitrogens is 2. The Morgan fingerprint density at radius 3 is 2.71 bits per heavy atom. The van der Waals surface area contributed by atoms with E-state index >= 15 is 0 Å². The summed E-state index contributed by atoms with van der Waals surface area (Å²) in [7, 11) is 0. The summed E-state index contributed by atoms with van der Waals surface area (Å²) in [5.74, 6) is 0.610. The number of hydrogen-bond donors (Lipinski definition) is 1. The molecule has 0 aliphatic rings. The number of fused-ring (bicyclic) bond motifs is 1. The van der Waals surface area contributed by atoms with Crippen molar-refractivity contribution < 1.29 is 17.9 Å². The molecule has 0 amide bonds. The maximum absolute atomic E-state index is 12.6. The molecule has 0 saturated carbocycles. The van der Waals surface area contributed by atoms with E-state index in [0.717, 1.165) is 6.42 Å². The van der Waals surface area contributed by atoms with Crippen molar-refractivity contribution in [2.45, 2.75) is 38.9 Å². The summed E-state index contributed by atoms with van der Waals surface area (Å²) >= 11 is 5.18. The van der Waals surface area contributed by atoms with Crippen LogP contribution >= 0.6 is 12.2 Å². The predicted octanol–water partition coefficient (Wildman–Crippen LogP) is 5.00. The van der Waals surface area contributed by atoms with Crippen LogP contribution in [0.25, 0.3) is 11.0 Å². The molecule has 1 N–H and O–H groups in total. The highest BCUT2D eigenvalue weighted by molar-refractivity contribution is 7.71. The lowest BCUT2D eigenvalue weighted by Gasteiger charge is -2.16. The van der Waals surface area contributed by atoms with Gasteiger partial charge in [-0.25, -0.2) is 0 Å². The SMILES string of the molecule is CCCOc1cccc2c1[nH]c(=S)n2C(C)CC(F)(F)F. The molecule has 2 rings (SSSR count). The summed E-state index contributed by atoms with van der Waals surface area (Å²) in [6.07, 6.45) is -4.30. The zero-order valence-corrected chi connectivity index (χ0v) is 12.6. The summed E-state index contributed by atoms with van der Waals surface area (Å²) in [5.41, 5.74) is 1.27. The van der Waals surface area contributed by atoms with E-state index in [1.807, 2.05) is 6.92 Å². The highest BCUT2D eigenvalue weighted by Crippen LogP contribution is 2.32. The van der Waals surface area contributed by atoms with Gasteiger partial charge in [0.15, 0.2) is 4.77 Å². The number of halogens is 3. The van der Waals surface area contributed by atoms with Gasteiger partial charge in [-0.2, -0.15) is 13.2 Å². The van der Waals surface area contributed by atoms with E-state index in [-0.39, 0.29) is 4.77 Å². The lowest BCUT2D eigenvalue weighted by Crippen LogP contribution is -2.16. The zero-order valence-electron chi connectivity index (χ0n) is 11.8. The second-order valence-corrected chi connectivity index (χ2v) is 5.35. The molecule has 0 aliphatic carbocycles. The zero-order chi connectivity index (χ0) is 15.6. The summed E-state index contributed by atoms with van der Waals surface area (Å²) in [4.78, 5) is 2.96. The Kier molecular flexibility index (Phi) is 4.61. The van der Waals surface area contributed by atoms with Gasteiger partial charge in [-0.15, -0.1) is 0 Å². The summed E-state index contributed by atoms with van der Waals surface area (Å²) in [6, 6.07) is 4.51. The average Bonchev–Trinajstić information content (AvgIpc) is 2.70. The van der Waals surface area contributed by atoms with Gasteiger partial charge >= 0.3 is 6.18 Å². The number of benzene rings is 1. The van der Waals surface area contributed by atoms with Crippen molar-refractivity contribution in [3.8, 4) is 5.75 Å². The third kappa shape index (κ3) is 3.58. The van der Waals surface area contributed by atoms with Gasteiger partial charge < -0.3 is 14.3 Å². The summed E-state index contributed by atoms with van der Waals surface area (Å²) < 4.78 is 45.2. The molecule has 0 saturated heterocycles. The van der Waals surface area contributed by atoms with Gasteiger partial charge in [0.2, 0.25) is 0 Å². The lowest BCUT2D eigenvalue weighted by atomic mass is 10.2. The number of aromatic amines is 1. The highest BCUT2D eigenvalue weighted by atomic mass is 32.1. The van der Waals surface area contributed by atoms with E-state index in [0.29, 0.717) is 23.4 Å². The maximum Gasteiger partial charge on any atom is 0.391 e. The molecule has 0 spiro atoms. The van der Waals surface area contributed by atoms with Crippen LogP contribution in [-0.4, -0.2) is 22.3 Å². The van der Waals surface area contributed by atoms with E-state index in [4.69, 9.17) is 17.0 Å². The number of imidazole rings is 1. The fourth-order valence-corrected chi connectivity index (χ4v) is 2.70. The first-order valence-corrected chi connectivity index (χ1v) is 7.17. The van der Waals surface area contributed by atoms with Gasteiger partial charge in [0.1, 0.15) is 11.3 Å². The predicted molar refractivity (Wildman–Crippen MR) is 78.3 cm³/mol. The Morgan fingerprint density at radius 1 is 1.38 bits per heavy atom. The van der Waals surface area contributed by atoms with Gasteiger partial charge in [0.25, 0.3) is 0 Å². The molecule has 1 heterocycles. The minimum atomic E-state index is -4.23. The number of para-hydroxylation sites is 1. The summed E-state index contributed by atoms with van der Waals surface area (Å²) in [5, 5.41) is 0. The monoisotopic (exact) mass is 318 g/mol. The third-order valence-corrected chi connectivity index (χ3v) is 3.44. The molecule has 0 fully saturated rings. The normalized spacial score (nSPS) is 13.6. The van der Waals surface area contributed by atoms with Crippen LogP contribution in [-0.2, 0) is 0 Å². The van der Waals surface area contributed by atoms with E-state index in [1.165, 1.54) is 11.5 Å². The maximum atomic E-state index is 12.6. The highest BCUT2D eigenvalue weighted by Gasteiger charge is 2.31. The molecule has 1 aromatic heterocycles. The Labute approximate surface area is 125 Å². The van der Waals surface area contributed by atoms with Crippen LogP contribution in [0.1, 0.15) is 32.7 Å². The van der Waals surface area contributed by atoms with Crippen molar-refractivity contribution in [3.63, 3.8) is 0 Å². The van der Waals surface area contributed by atoms with Crippen molar-refractivity contribution in [3.05, 3.63) is 23.0 Å². The molecule has 0 bridgehead atoms. The first-order chi connectivity index (χ1) is 9.83. The van der Waals surface area contributed by atoms with Crippen LogP contribution in [0.5, 0.6) is 5.75 Å². The number of nitrogens with zero attached hydrogens (tertiary/aromatic N) is 1. The smallest absolute Gasteiger partial charge is 0.391 e. The topological polar surface area (TPSA) is 29.9 Å².